The van der Waals surface area contributed by atoms with Crippen molar-refractivity contribution in [3.63, 3.8) is 0 Å². The maximum Gasteiger partial charge on any atom is 0.224 e. The normalized spacial score (nSPS) is 24.2. The van der Waals surface area contributed by atoms with Gasteiger partial charge in [-0.05, 0) is 31.4 Å². The van der Waals surface area contributed by atoms with E-state index in [9.17, 15) is 4.79 Å². The van der Waals surface area contributed by atoms with E-state index in [1.54, 1.807) is 0 Å². The molecule has 1 aliphatic heterocycles. The molecular formula is C11H15NO. The molecule has 2 nitrogen and oxygen atoms in total. The monoisotopic (exact) mass is 177 g/mol. The Kier molecular flexibility index (Phi) is 3.07. The Hall–Kier alpha value is -1.31. The maximum atomic E-state index is 11.1. The molecule has 70 valence electrons. The third-order valence-corrected chi connectivity index (χ3v) is 2.27. The minimum atomic E-state index is 0.105. The summed E-state index contributed by atoms with van der Waals surface area (Å²) in [4.78, 5) is 11.1. The Morgan fingerprint density at radius 3 is 2.77 bits per heavy atom. The number of amides is 1. The molecule has 1 heterocycles. The molecule has 1 amide bonds. The number of piperidine rings is 1. The van der Waals surface area contributed by atoms with Crippen LogP contribution in [-0.4, -0.2) is 5.91 Å². The summed E-state index contributed by atoms with van der Waals surface area (Å²) >= 11 is 0. The summed E-state index contributed by atoms with van der Waals surface area (Å²) in [5, 5.41) is 2.85. The average Bonchev–Trinajstić information content (AvgIpc) is 2.16. The van der Waals surface area contributed by atoms with E-state index in [1.165, 1.54) is 5.57 Å². The topological polar surface area (TPSA) is 29.1 Å². The van der Waals surface area contributed by atoms with Crippen molar-refractivity contribution in [1.82, 2.24) is 5.32 Å². The van der Waals surface area contributed by atoms with Gasteiger partial charge < -0.3 is 5.32 Å². The SMILES string of the molecule is C=C/C(C)=C1/CCC(=O)N/C1=C/C. The van der Waals surface area contributed by atoms with Gasteiger partial charge in [0, 0.05) is 12.1 Å². The van der Waals surface area contributed by atoms with E-state index in [2.05, 4.69) is 11.9 Å². The molecule has 1 N–H and O–H groups in total. The van der Waals surface area contributed by atoms with Crippen molar-refractivity contribution in [2.45, 2.75) is 26.7 Å². The molecule has 0 aromatic heterocycles. The molecule has 2 heteroatoms. The molecule has 0 atom stereocenters. The van der Waals surface area contributed by atoms with Crippen LogP contribution in [0.5, 0.6) is 0 Å². The number of carbonyl (C=O) groups excluding carboxylic acids is 1. The molecule has 0 aromatic carbocycles. The summed E-state index contributed by atoms with van der Waals surface area (Å²) in [6.45, 7) is 7.67. The lowest BCUT2D eigenvalue weighted by Crippen LogP contribution is -2.28. The van der Waals surface area contributed by atoms with Gasteiger partial charge in [0.15, 0.2) is 0 Å². The van der Waals surface area contributed by atoms with Crippen molar-refractivity contribution < 1.29 is 4.79 Å². The zero-order chi connectivity index (χ0) is 9.84. The Morgan fingerprint density at radius 1 is 1.54 bits per heavy atom. The van der Waals surface area contributed by atoms with Crippen molar-refractivity contribution in [3.05, 3.63) is 35.6 Å². The van der Waals surface area contributed by atoms with E-state index in [1.807, 2.05) is 26.0 Å². The molecule has 13 heavy (non-hydrogen) atoms. The lowest BCUT2D eigenvalue weighted by Gasteiger charge is -2.20. The lowest BCUT2D eigenvalue weighted by atomic mass is 9.97. The summed E-state index contributed by atoms with van der Waals surface area (Å²) in [5.74, 6) is 0.105. The summed E-state index contributed by atoms with van der Waals surface area (Å²) in [7, 11) is 0. The van der Waals surface area contributed by atoms with Gasteiger partial charge >= 0.3 is 0 Å². The van der Waals surface area contributed by atoms with E-state index in [-0.39, 0.29) is 5.91 Å². The first-order chi connectivity index (χ1) is 6.19. The Balaban J connectivity index is 2.99. The standard InChI is InChI=1S/C11H15NO/c1-4-8(3)9-6-7-11(13)12-10(9)5-2/h4-5H,1,6-7H2,2-3H3,(H,12,13)/b9-8-,10-5+. The minimum absolute atomic E-state index is 0.105. The van der Waals surface area contributed by atoms with Crippen LogP contribution in [0.25, 0.3) is 0 Å². The molecular weight excluding hydrogens is 162 g/mol. The van der Waals surface area contributed by atoms with E-state index < -0.39 is 0 Å². The highest BCUT2D eigenvalue weighted by molar-refractivity contribution is 5.81. The van der Waals surface area contributed by atoms with Gasteiger partial charge in [-0.15, -0.1) is 0 Å². The van der Waals surface area contributed by atoms with Crippen LogP contribution in [0.15, 0.2) is 35.6 Å². The maximum absolute atomic E-state index is 11.1. The summed E-state index contributed by atoms with van der Waals surface area (Å²) in [5.41, 5.74) is 3.29. The van der Waals surface area contributed by atoms with Gasteiger partial charge in [-0.3, -0.25) is 4.79 Å². The van der Waals surface area contributed by atoms with Gasteiger partial charge in [0.25, 0.3) is 0 Å². The zero-order valence-corrected chi connectivity index (χ0v) is 8.18. The van der Waals surface area contributed by atoms with Crippen molar-refractivity contribution in [1.29, 1.82) is 0 Å². The molecule has 0 unspecified atom stereocenters. The fraction of sp³-hybridized carbons (Fsp3) is 0.364. The third kappa shape index (κ3) is 2.08. The molecule has 1 aliphatic rings. The van der Waals surface area contributed by atoms with Crippen LogP contribution in [-0.2, 0) is 4.79 Å². The molecule has 0 aliphatic carbocycles. The summed E-state index contributed by atoms with van der Waals surface area (Å²) in [6, 6.07) is 0. The largest absolute Gasteiger partial charge is 0.326 e. The second-order valence-corrected chi connectivity index (χ2v) is 3.12. The van der Waals surface area contributed by atoms with Crippen LogP contribution in [0.2, 0.25) is 0 Å². The van der Waals surface area contributed by atoms with Crippen molar-refractivity contribution in [2.75, 3.05) is 0 Å². The Labute approximate surface area is 79.0 Å². The lowest BCUT2D eigenvalue weighted by molar-refractivity contribution is -0.120. The molecule has 0 bridgehead atoms. The van der Waals surface area contributed by atoms with Gasteiger partial charge in [0.05, 0.1) is 0 Å². The number of hydrogen-bond acceptors (Lipinski definition) is 1. The Bertz CT molecular complexity index is 297. The highest BCUT2D eigenvalue weighted by Gasteiger charge is 2.17. The zero-order valence-electron chi connectivity index (χ0n) is 8.18. The summed E-state index contributed by atoms with van der Waals surface area (Å²) < 4.78 is 0. The first-order valence-electron chi connectivity index (χ1n) is 4.47. The number of rotatable bonds is 1. The second-order valence-electron chi connectivity index (χ2n) is 3.12. The molecule has 0 saturated carbocycles. The fourth-order valence-electron chi connectivity index (χ4n) is 1.44. The first kappa shape index (κ1) is 9.78. The van der Waals surface area contributed by atoms with E-state index >= 15 is 0 Å². The number of nitrogens with one attached hydrogen (secondary N) is 1. The van der Waals surface area contributed by atoms with Crippen molar-refractivity contribution >= 4 is 5.91 Å². The van der Waals surface area contributed by atoms with E-state index in [4.69, 9.17) is 0 Å². The summed E-state index contributed by atoms with van der Waals surface area (Å²) in [6.07, 6.45) is 5.16. The van der Waals surface area contributed by atoms with Crippen molar-refractivity contribution in [2.24, 2.45) is 0 Å². The number of carbonyl (C=O) groups is 1. The fourth-order valence-corrected chi connectivity index (χ4v) is 1.44. The smallest absolute Gasteiger partial charge is 0.224 e. The van der Waals surface area contributed by atoms with Gasteiger partial charge in [-0.1, -0.05) is 18.7 Å². The first-order valence-corrected chi connectivity index (χ1v) is 4.47. The highest BCUT2D eigenvalue weighted by Crippen LogP contribution is 2.23. The molecule has 1 fully saturated rings. The van der Waals surface area contributed by atoms with Crippen LogP contribution in [0.1, 0.15) is 26.7 Å². The van der Waals surface area contributed by atoms with E-state index in [0.29, 0.717) is 6.42 Å². The molecule has 1 rings (SSSR count). The predicted octanol–water partition coefficient (Wildman–Crippen LogP) is 2.30. The van der Waals surface area contributed by atoms with Crippen molar-refractivity contribution in [3.8, 4) is 0 Å². The highest BCUT2D eigenvalue weighted by atomic mass is 16.1. The molecule has 0 spiro atoms. The van der Waals surface area contributed by atoms with Gasteiger partial charge in [-0.2, -0.15) is 0 Å². The quantitative estimate of drug-likeness (QED) is 0.654. The molecule has 0 radical (unpaired) electrons. The van der Waals surface area contributed by atoms with Gasteiger partial charge in [-0.25, -0.2) is 0 Å². The second kappa shape index (κ2) is 4.08. The minimum Gasteiger partial charge on any atom is -0.326 e. The number of allylic oxidation sites excluding steroid dienone is 4. The van der Waals surface area contributed by atoms with E-state index in [0.717, 1.165) is 17.7 Å². The number of hydrogen-bond donors (Lipinski definition) is 1. The van der Waals surface area contributed by atoms with Crippen LogP contribution in [0.4, 0.5) is 0 Å². The predicted molar refractivity (Wildman–Crippen MR) is 54.0 cm³/mol. The van der Waals surface area contributed by atoms with Crippen LogP contribution < -0.4 is 5.32 Å². The molecule has 0 aromatic rings. The van der Waals surface area contributed by atoms with Crippen LogP contribution in [0, 0.1) is 0 Å². The van der Waals surface area contributed by atoms with Gasteiger partial charge in [0.2, 0.25) is 5.91 Å². The third-order valence-electron chi connectivity index (χ3n) is 2.27. The average molecular weight is 177 g/mol. The van der Waals surface area contributed by atoms with Crippen LogP contribution >= 0.6 is 0 Å². The van der Waals surface area contributed by atoms with Crippen LogP contribution in [0.3, 0.4) is 0 Å². The van der Waals surface area contributed by atoms with Gasteiger partial charge in [0.1, 0.15) is 0 Å². The molecule has 1 saturated heterocycles. The Morgan fingerprint density at radius 2 is 2.23 bits per heavy atom.